The topological polar surface area (TPSA) is 111 Å². The van der Waals surface area contributed by atoms with E-state index in [4.69, 9.17) is 15.7 Å². The third-order valence-electron chi connectivity index (χ3n) is 0.943. The van der Waals surface area contributed by atoms with Crippen molar-refractivity contribution in [1.29, 1.82) is 0 Å². The molecule has 0 aromatic rings. The summed E-state index contributed by atoms with van der Waals surface area (Å²) in [5.74, 6) is -2.54. The highest BCUT2D eigenvalue weighted by atomic mass is 16.4. The van der Waals surface area contributed by atoms with E-state index in [9.17, 15) is 9.59 Å². The van der Waals surface area contributed by atoms with E-state index in [0.717, 1.165) is 0 Å². The molecule has 60 valence electrons. The zero-order valence-electron chi connectivity index (χ0n) is 5.52. The molecule has 0 bridgehead atoms. The van der Waals surface area contributed by atoms with Crippen LogP contribution in [0.3, 0.4) is 0 Å². The highest BCUT2D eigenvalue weighted by molar-refractivity contribution is 6.33. The number of rotatable bonds is 4. The predicted octanol–water partition coefficient (Wildman–Crippen LogP) is -0.393. The summed E-state index contributed by atoms with van der Waals surface area (Å²) in [5.41, 5.74) is 7.47. The van der Waals surface area contributed by atoms with Gasteiger partial charge in [0.25, 0.3) is 0 Å². The number of hydrogen-bond acceptors (Lipinski definition) is 2. The van der Waals surface area contributed by atoms with E-state index < -0.39 is 17.7 Å². The zero-order valence-corrected chi connectivity index (χ0v) is 5.52. The molecule has 11 heavy (non-hydrogen) atoms. The maximum absolute atomic E-state index is 10.1. The minimum absolute atomic E-state index is 0.277. The van der Waals surface area contributed by atoms with Crippen molar-refractivity contribution in [3.05, 3.63) is 5.53 Å². The van der Waals surface area contributed by atoms with Gasteiger partial charge in [0.2, 0.25) is 0 Å². The Morgan fingerprint density at radius 2 is 1.82 bits per heavy atom. The number of carboxylic acids is 2. The van der Waals surface area contributed by atoms with Crippen LogP contribution in [-0.4, -0.2) is 32.7 Å². The maximum atomic E-state index is 10.1. The van der Waals surface area contributed by atoms with Gasteiger partial charge in [-0.25, -0.2) is 4.79 Å². The number of hydrogen-bond donors (Lipinski definition) is 2. The summed E-state index contributed by atoms with van der Waals surface area (Å²) in [6.45, 7) is 0. The van der Waals surface area contributed by atoms with Crippen molar-refractivity contribution in [2.24, 2.45) is 0 Å². The largest absolute Gasteiger partial charge is 0.481 e. The molecule has 2 N–H and O–H groups in total. The van der Waals surface area contributed by atoms with Crippen LogP contribution in [0.15, 0.2) is 0 Å². The number of nitrogens with zero attached hydrogens (tertiary/aromatic N) is 2. The number of carbonyl (C=O) groups is 2. The molecule has 0 aliphatic carbocycles. The van der Waals surface area contributed by atoms with Crippen LogP contribution in [0.2, 0.25) is 0 Å². The molecule has 0 fully saturated rings. The van der Waals surface area contributed by atoms with Crippen molar-refractivity contribution < 1.29 is 24.6 Å². The average molecular weight is 158 g/mol. The van der Waals surface area contributed by atoms with Gasteiger partial charge in [0, 0.05) is 0 Å². The molecule has 0 unspecified atom stereocenters. The Kier molecular flexibility index (Phi) is 3.55. The van der Waals surface area contributed by atoms with Crippen molar-refractivity contribution >= 4 is 17.7 Å². The molecule has 0 saturated heterocycles. The standard InChI is InChI=1S/C5H6N2O4/c6-7-3(5(10)11)1-2-4(8)9/h1-2H2,(H,8,9)(H,10,11). The highest BCUT2D eigenvalue weighted by Crippen LogP contribution is 1.90. The highest BCUT2D eigenvalue weighted by Gasteiger charge is 2.19. The molecule has 0 atom stereocenters. The van der Waals surface area contributed by atoms with Gasteiger partial charge in [0.15, 0.2) is 0 Å². The first-order chi connectivity index (χ1) is 5.07. The van der Waals surface area contributed by atoms with Crippen LogP contribution in [0, 0.1) is 0 Å². The van der Waals surface area contributed by atoms with Crippen molar-refractivity contribution in [3.63, 3.8) is 0 Å². The fourth-order valence-electron chi connectivity index (χ4n) is 0.425. The molecule has 0 heterocycles. The molecular weight excluding hydrogens is 152 g/mol. The summed E-state index contributed by atoms with van der Waals surface area (Å²) < 4.78 is 0. The van der Waals surface area contributed by atoms with Gasteiger partial charge in [-0.3, -0.25) is 4.79 Å². The fraction of sp³-hybridized carbons (Fsp3) is 0.400. The lowest BCUT2D eigenvalue weighted by atomic mass is 10.2. The number of aliphatic carboxylic acids is 2. The van der Waals surface area contributed by atoms with Gasteiger partial charge in [-0.05, 0) is 0 Å². The van der Waals surface area contributed by atoms with Crippen LogP contribution < -0.4 is 0 Å². The Balaban J connectivity index is 4.03. The van der Waals surface area contributed by atoms with Crippen LogP contribution in [0.25, 0.3) is 5.53 Å². The molecule has 6 heteroatoms. The Morgan fingerprint density at radius 3 is 2.09 bits per heavy atom. The quantitative estimate of drug-likeness (QED) is 0.329. The van der Waals surface area contributed by atoms with E-state index in [2.05, 4.69) is 4.79 Å². The summed E-state index contributed by atoms with van der Waals surface area (Å²) in [4.78, 5) is 22.4. The second-order valence-electron chi connectivity index (χ2n) is 1.75. The summed E-state index contributed by atoms with van der Waals surface area (Å²) >= 11 is 0. The lowest BCUT2D eigenvalue weighted by molar-refractivity contribution is -0.137. The summed E-state index contributed by atoms with van der Waals surface area (Å²) in [6, 6.07) is 0. The average Bonchev–Trinajstić information content (AvgIpc) is 1.87. The molecule has 0 aliphatic heterocycles. The van der Waals surface area contributed by atoms with Crippen molar-refractivity contribution in [3.8, 4) is 0 Å². The first-order valence-electron chi connectivity index (χ1n) is 2.74. The van der Waals surface area contributed by atoms with Gasteiger partial charge in [-0.1, -0.05) is 0 Å². The Labute approximate surface area is 61.7 Å². The van der Waals surface area contributed by atoms with Gasteiger partial charge >= 0.3 is 17.7 Å². The monoisotopic (exact) mass is 158 g/mol. The van der Waals surface area contributed by atoms with Gasteiger partial charge in [0.1, 0.15) is 0 Å². The van der Waals surface area contributed by atoms with Gasteiger partial charge in [0.05, 0.1) is 12.8 Å². The molecule has 6 nitrogen and oxygen atoms in total. The zero-order chi connectivity index (χ0) is 8.85. The van der Waals surface area contributed by atoms with Crippen LogP contribution in [-0.2, 0) is 9.59 Å². The number of carboxylic acid groups (broad SMARTS) is 2. The van der Waals surface area contributed by atoms with Crippen molar-refractivity contribution in [2.45, 2.75) is 12.8 Å². The summed E-state index contributed by atoms with van der Waals surface area (Å²) in [5, 5.41) is 16.3. The molecular formula is C5H6N2O4. The van der Waals surface area contributed by atoms with E-state index in [0.29, 0.717) is 0 Å². The molecule has 0 rings (SSSR count). The Hall–Kier alpha value is -1.68. The molecule has 0 aromatic carbocycles. The van der Waals surface area contributed by atoms with Crippen molar-refractivity contribution in [1.82, 2.24) is 0 Å². The molecule has 0 amide bonds. The molecule has 0 aliphatic rings. The Bertz CT molecular complexity index is 229. The fourth-order valence-corrected chi connectivity index (χ4v) is 0.425. The third-order valence-corrected chi connectivity index (χ3v) is 0.943. The van der Waals surface area contributed by atoms with Gasteiger partial charge < -0.3 is 15.7 Å². The van der Waals surface area contributed by atoms with Gasteiger partial charge in [-0.2, -0.15) is 4.79 Å². The minimum atomic E-state index is -1.41. The SMILES string of the molecule is [N-]=[N+]=C(CCC(=O)O)C(=O)O. The normalized spacial score (nSPS) is 8.36. The second kappa shape index (κ2) is 4.19. The van der Waals surface area contributed by atoms with Crippen LogP contribution in [0.5, 0.6) is 0 Å². The Morgan fingerprint density at radius 1 is 1.27 bits per heavy atom. The molecule has 0 spiro atoms. The van der Waals surface area contributed by atoms with Gasteiger partial charge in [-0.15, -0.1) is 0 Å². The molecule has 0 radical (unpaired) electrons. The first-order valence-corrected chi connectivity index (χ1v) is 2.74. The van der Waals surface area contributed by atoms with Crippen LogP contribution in [0.4, 0.5) is 0 Å². The maximum Gasteiger partial charge on any atom is 0.414 e. The van der Waals surface area contributed by atoms with Crippen molar-refractivity contribution in [2.75, 3.05) is 0 Å². The summed E-state index contributed by atoms with van der Waals surface area (Å²) in [7, 11) is 0. The smallest absolute Gasteiger partial charge is 0.414 e. The van der Waals surface area contributed by atoms with E-state index in [-0.39, 0.29) is 12.8 Å². The lowest BCUT2D eigenvalue weighted by Crippen LogP contribution is -2.15. The molecule has 0 saturated carbocycles. The van der Waals surface area contributed by atoms with E-state index >= 15 is 0 Å². The van der Waals surface area contributed by atoms with Crippen LogP contribution >= 0.6 is 0 Å². The lowest BCUT2D eigenvalue weighted by Gasteiger charge is -1.86. The van der Waals surface area contributed by atoms with E-state index in [1.54, 1.807) is 0 Å². The second-order valence-corrected chi connectivity index (χ2v) is 1.75. The summed E-state index contributed by atoms with van der Waals surface area (Å²) in [6.07, 6.45) is -0.632. The van der Waals surface area contributed by atoms with E-state index in [1.807, 2.05) is 0 Å². The third kappa shape index (κ3) is 3.83. The first kappa shape index (κ1) is 9.32. The molecule has 0 aromatic heterocycles. The predicted molar refractivity (Wildman–Crippen MR) is 33.1 cm³/mol. The minimum Gasteiger partial charge on any atom is -0.481 e. The van der Waals surface area contributed by atoms with Crippen LogP contribution in [0.1, 0.15) is 12.8 Å². The van der Waals surface area contributed by atoms with E-state index in [1.165, 1.54) is 0 Å².